The van der Waals surface area contributed by atoms with Crippen LogP contribution in [0.1, 0.15) is 66.4 Å². The number of nitrogen functional groups attached to an aromatic ring is 2. The SMILES string of the molecule is CCOC(=O)c1sc2sc(C(=O)OCC)c(N=P(c3ccccc3)(c3ccccc3)c3ccccc3)c2c1N.CCOC(=O)c1sc2sc(C(=O)OCC)c(N=P(c3ccccc3)(c3ccccc3)c3ccccc3)c2c1N. The minimum atomic E-state index is -2.72. The molecule has 18 heteroatoms. The lowest BCUT2D eigenvalue weighted by Gasteiger charge is -2.27. The normalized spacial score (nSPS) is 11.3. The molecule has 6 aromatic carbocycles. The molecule has 78 heavy (non-hydrogen) atoms. The maximum atomic E-state index is 13.3. The predicted octanol–water partition coefficient (Wildman–Crippen LogP) is 13.4. The van der Waals surface area contributed by atoms with Crippen LogP contribution in [-0.4, -0.2) is 50.3 Å². The van der Waals surface area contributed by atoms with Crippen LogP contribution in [0.25, 0.3) is 18.8 Å². The van der Waals surface area contributed by atoms with Crippen molar-refractivity contribution in [2.45, 2.75) is 27.7 Å². The van der Waals surface area contributed by atoms with Gasteiger partial charge in [0.25, 0.3) is 0 Å². The number of anilines is 2. The average Bonchev–Trinajstić information content (AvgIpc) is 4.38. The molecule has 0 radical (unpaired) electrons. The fraction of sp³-hybridized carbons (Fsp3) is 0.133. The minimum absolute atomic E-state index is 0.226. The fourth-order valence-corrected chi connectivity index (χ4v) is 20.9. The lowest BCUT2D eigenvalue weighted by Crippen LogP contribution is -2.25. The van der Waals surface area contributed by atoms with Crippen LogP contribution in [0.5, 0.6) is 0 Å². The van der Waals surface area contributed by atoms with Crippen molar-refractivity contribution >= 4 is 157 Å². The second kappa shape index (κ2) is 24.9. The Labute approximate surface area is 468 Å². The van der Waals surface area contributed by atoms with Crippen LogP contribution in [0.3, 0.4) is 0 Å². The molecule has 0 saturated heterocycles. The van der Waals surface area contributed by atoms with E-state index < -0.39 is 38.0 Å². The first-order chi connectivity index (χ1) is 38.0. The molecule has 0 spiro atoms. The average molecular weight is 1150 g/mol. The molecule has 4 N–H and O–H groups in total. The zero-order chi connectivity index (χ0) is 54.8. The van der Waals surface area contributed by atoms with Gasteiger partial charge in [0.05, 0.1) is 82.1 Å². The summed E-state index contributed by atoms with van der Waals surface area (Å²) in [6.45, 7) is 7.97. The number of ether oxygens (including phenoxy) is 4. The van der Waals surface area contributed by atoms with Gasteiger partial charge in [-0.3, -0.25) is 9.49 Å². The van der Waals surface area contributed by atoms with Crippen molar-refractivity contribution in [3.8, 4) is 0 Å². The summed E-state index contributed by atoms with van der Waals surface area (Å²) in [5, 5.41) is 7.32. The number of esters is 4. The number of rotatable bonds is 16. The first kappa shape index (κ1) is 55.3. The van der Waals surface area contributed by atoms with Crippen molar-refractivity contribution in [3.63, 3.8) is 0 Å². The number of hydrogen-bond acceptors (Lipinski definition) is 16. The van der Waals surface area contributed by atoms with Gasteiger partial charge >= 0.3 is 23.9 Å². The Hall–Kier alpha value is -7.42. The van der Waals surface area contributed by atoms with Gasteiger partial charge in [0.1, 0.15) is 19.5 Å². The Morgan fingerprint density at radius 3 is 0.782 bits per heavy atom. The molecule has 0 amide bonds. The van der Waals surface area contributed by atoms with E-state index in [0.717, 1.165) is 39.9 Å². The molecule has 10 rings (SSSR count). The third-order valence-electron chi connectivity index (χ3n) is 12.2. The Balaban J connectivity index is 0.000000190. The minimum Gasteiger partial charge on any atom is -0.462 e. The topological polar surface area (TPSA) is 182 Å². The van der Waals surface area contributed by atoms with Crippen molar-refractivity contribution in [2.75, 3.05) is 37.9 Å². The van der Waals surface area contributed by atoms with E-state index in [1.54, 1.807) is 27.7 Å². The Morgan fingerprint density at radius 2 is 0.564 bits per heavy atom. The van der Waals surface area contributed by atoms with Gasteiger partial charge in [0.2, 0.25) is 0 Å². The van der Waals surface area contributed by atoms with Crippen molar-refractivity contribution in [2.24, 2.45) is 9.49 Å². The van der Waals surface area contributed by atoms with Crippen LogP contribution in [0, 0.1) is 0 Å². The van der Waals surface area contributed by atoms with Gasteiger partial charge in [0, 0.05) is 31.8 Å². The predicted molar refractivity (Wildman–Crippen MR) is 327 cm³/mol. The first-order valence-electron chi connectivity index (χ1n) is 25.0. The summed E-state index contributed by atoms with van der Waals surface area (Å²) in [4.78, 5) is 53.3. The lowest BCUT2D eigenvalue weighted by atomic mass is 10.2. The molecular formula is C60H54N4O8P2S4. The van der Waals surface area contributed by atoms with Gasteiger partial charge in [0.15, 0.2) is 0 Å². The number of fused-ring (bicyclic) bond motifs is 2. The van der Waals surface area contributed by atoms with Crippen LogP contribution in [0.2, 0.25) is 0 Å². The summed E-state index contributed by atoms with van der Waals surface area (Å²) in [5.41, 5.74) is 14.7. The van der Waals surface area contributed by atoms with Crippen molar-refractivity contribution in [3.05, 3.63) is 201 Å². The molecule has 12 nitrogen and oxygen atoms in total. The molecule has 0 unspecified atom stereocenters. The molecule has 396 valence electrons. The van der Waals surface area contributed by atoms with E-state index in [2.05, 4.69) is 72.8 Å². The van der Waals surface area contributed by atoms with E-state index in [1.807, 2.05) is 109 Å². The molecule has 4 aromatic heterocycles. The maximum absolute atomic E-state index is 13.3. The summed E-state index contributed by atoms with van der Waals surface area (Å²) in [7, 11) is -5.44. The van der Waals surface area contributed by atoms with Crippen molar-refractivity contribution in [1.29, 1.82) is 0 Å². The highest BCUT2D eigenvalue weighted by atomic mass is 32.2. The molecule has 0 fully saturated rings. The molecule has 0 aliphatic rings. The molecule has 4 heterocycles. The number of carbonyl (C=O) groups is 4. The Morgan fingerprint density at radius 1 is 0.359 bits per heavy atom. The quantitative estimate of drug-likeness (QED) is 0.0536. The molecule has 0 aliphatic carbocycles. The van der Waals surface area contributed by atoms with Gasteiger partial charge < -0.3 is 30.4 Å². The number of thiophene rings is 4. The second-order valence-corrected chi connectivity index (χ2v) is 27.6. The molecular weight excluding hydrogens is 1090 g/mol. The van der Waals surface area contributed by atoms with Crippen molar-refractivity contribution in [1.82, 2.24) is 0 Å². The van der Waals surface area contributed by atoms with E-state index in [0.29, 0.717) is 41.7 Å². The number of nitrogens with two attached hydrogens (primary N) is 2. The van der Waals surface area contributed by atoms with E-state index in [9.17, 15) is 19.2 Å². The molecule has 0 aliphatic heterocycles. The maximum Gasteiger partial charge on any atom is 0.350 e. The van der Waals surface area contributed by atoms with Gasteiger partial charge in [-0.25, -0.2) is 19.2 Å². The van der Waals surface area contributed by atoms with Crippen LogP contribution in [-0.2, 0) is 18.9 Å². The van der Waals surface area contributed by atoms with Crippen LogP contribution < -0.4 is 43.3 Å². The van der Waals surface area contributed by atoms with Crippen molar-refractivity contribution < 1.29 is 38.1 Å². The molecule has 0 atom stereocenters. The highest BCUT2D eigenvalue weighted by Crippen LogP contribution is 2.57. The standard InChI is InChI=1S/2C30H27N2O4PS2/c2*1-3-35-28(33)26-24(31)23-25(27(29(34)36-4-2)39-30(23)38-26)32-37(20-14-8-5-9-15-20,21-16-10-6-11-17-21)22-18-12-7-13-19-22/h2*5-19H,3-4,31H2,1-2H3. The first-order valence-corrected chi connectivity index (χ1v) is 31.7. The Bertz CT molecular complexity index is 3410. The third-order valence-corrected chi connectivity index (χ3v) is 24.4. The number of carbonyl (C=O) groups excluding carboxylic acids is 4. The summed E-state index contributed by atoms with van der Waals surface area (Å²) in [5.74, 6) is -1.90. The van der Waals surface area contributed by atoms with Gasteiger partial charge in [-0.05, 0) is 27.7 Å². The van der Waals surface area contributed by atoms with Gasteiger partial charge in [-0.1, -0.05) is 182 Å². The van der Waals surface area contributed by atoms with Crippen LogP contribution in [0.15, 0.2) is 191 Å². The fourth-order valence-electron chi connectivity index (χ4n) is 8.91. The van der Waals surface area contributed by atoms with E-state index >= 15 is 0 Å². The number of hydrogen-bond donors (Lipinski definition) is 2. The zero-order valence-electron chi connectivity index (χ0n) is 43.0. The monoisotopic (exact) mass is 1150 g/mol. The van der Waals surface area contributed by atoms with E-state index in [4.69, 9.17) is 39.9 Å². The summed E-state index contributed by atoms with van der Waals surface area (Å²) in [6, 6.07) is 60.7. The van der Waals surface area contributed by atoms with E-state index in [-0.39, 0.29) is 37.8 Å². The lowest BCUT2D eigenvalue weighted by molar-refractivity contribution is 0.0523. The summed E-state index contributed by atoms with van der Waals surface area (Å²) < 4.78 is 34.0. The largest absolute Gasteiger partial charge is 0.462 e. The second-order valence-electron chi connectivity index (χ2n) is 16.9. The summed E-state index contributed by atoms with van der Waals surface area (Å²) >= 11 is 4.94. The highest BCUT2D eigenvalue weighted by Gasteiger charge is 2.35. The third kappa shape index (κ3) is 10.8. The zero-order valence-corrected chi connectivity index (χ0v) is 48.0. The van der Waals surface area contributed by atoms with E-state index in [1.165, 1.54) is 45.3 Å². The number of nitrogens with zero attached hydrogens (tertiary/aromatic N) is 2. The molecule has 10 aromatic rings. The number of benzene rings is 6. The molecule has 0 saturated carbocycles. The van der Waals surface area contributed by atoms with Crippen LogP contribution >= 0.6 is 59.5 Å². The summed E-state index contributed by atoms with van der Waals surface area (Å²) in [6.07, 6.45) is 0. The highest BCUT2D eigenvalue weighted by molar-refractivity contribution is 7.88. The van der Waals surface area contributed by atoms with Crippen LogP contribution in [0.4, 0.5) is 22.7 Å². The molecule has 0 bridgehead atoms. The van der Waals surface area contributed by atoms with Gasteiger partial charge in [-0.15, -0.1) is 45.3 Å². The van der Waals surface area contributed by atoms with Gasteiger partial charge in [-0.2, -0.15) is 0 Å². The smallest absolute Gasteiger partial charge is 0.350 e. The Kier molecular flexibility index (Phi) is 17.7.